The summed E-state index contributed by atoms with van der Waals surface area (Å²) in [6, 6.07) is 50.0. The van der Waals surface area contributed by atoms with Crippen LogP contribution in [0.4, 0.5) is 0 Å². The Kier molecular flexibility index (Phi) is 6.99. The third-order valence-corrected chi connectivity index (χ3v) is 33.6. The predicted octanol–water partition coefficient (Wildman–Crippen LogP) is 12.1. The van der Waals surface area contributed by atoms with E-state index in [-0.39, 0.29) is 0 Å². The first-order valence-corrected chi connectivity index (χ1v) is 28.0. The molecule has 2 heterocycles. The molecule has 0 spiro atoms. The molecule has 0 saturated carbocycles. The van der Waals surface area contributed by atoms with Crippen molar-refractivity contribution in [2.75, 3.05) is 0 Å². The van der Waals surface area contributed by atoms with Crippen molar-refractivity contribution in [3.63, 3.8) is 0 Å². The van der Waals surface area contributed by atoms with Crippen LogP contribution >= 0.6 is 0 Å². The fraction of sp³-hybridized carbons (Fsp3) is 0.130. The van der Waals surface area contributed by atoms with Crippen molar-refractivity contribution in [3.8, 4) is 11.4 Å². The Balaban J connectivity index is 1.13. The molecule has 0 bridgehead atoms. The molecule has 2 aromatic heterocycles. The van der Waals surface area contributed by atoms with Gasteiger partial charge in [0.15, 0.2) is 0 Å². The number of hydrogen-bond donors (Lipinski definition) is 0. The van der Waals surface area contributed by atoms with E-state index in [4.69, 9.17) is 0 Å². The number of allylic oxidation sites excluding steroid dienone is 2. The predicted molar refractivity (Wildman–Crippen MR) is 213 cm³/mol. The number of fused-ring (bicyclic) bond motifs is 8. The Morgan fingerprint density at radius 2 is 0.780 bits per heavy atom. The minimum atomic E-state index is -2.23. The summed E-state index contributed by atoms with van der Waals surface area (Å²) in [6.45, 7) is 10.2. The average Bonchev–Trinajstić information content (AvgIpc) is 3.86. The van der Waals surface area contributed by atoms with Gasteiger partial charge in [0.05, 0.1) is 0 Å². The topological polar surface area (TPSA) is 9.86 Å². The molecule has 0 amide bonds. The molecular formula is C46H39N2SiZr. The zero-order valence-electron chi connectivity index (χ0n) is 29.0. The van der Waals surface area contributed by atoms with E-state index in [1.165, 1.54) is 66.1 Å². The summed E-state index contributed by atoms with van der Waals surface area (Å²) >= 11 is -2.23. The van der Waals surface area contributed by atoms with Gasteiger partial charge in [-0.2, -0.15) is 0 Å². The molecule has 2 nitrogen and oxygen atoms in total. The zero-order chi connectivity index (χ0) is 33.7. The van der Waals surface area contributed by atoms with E-state index in [0.717, 1.165) is 0 Å². The molecule has 2 aliphatic carbocycles. The molecule has 2 aliphatic rings. The molecule has 4 heteroatoms. The standard InChI is InChI=1S/2C22H16N.C2H7Si.Zr/c2*1-15-13-16-7-6-12-22(19(16)14-15)23-20-10-4-2-8-17(20)18-9-3-5-11-21(18)23;1-3-2;/h2*2-14H,1H3;3H,1-2H3;. The van der Waals surface area contributed by atoms with Gasteiger partial charge in [-0.25, -0.2) is 0 Å². The second-order valence-electron chi connectivity index (χ2n) is 14.6. The summed E-state index contributed by atoms with van der Waals surface area (Å²) < 4.78 is 6.23. The summed E-state index contributed by atoms with van der Waals surface area (Å²) in [5.74, 6) is -1.00. The van der Waals surface area contributed by atoms with E-state index < -0.39 is 26.8 Å². The van der Waals surface area contributed by atoms with Gasteiger partial charge >= 0.3 is 304 Å². The van der Waals surface area contributed by atoms with Gasteiger partial charge < -0.3 is 0 Å². The molecule has 241 valence electrons. The zero-order valence-corrected chi connectivity index (χ0v) is 32.6. The van der Waals surface area contributed by atoms with Crippen molar-refractivity contribution >= 4 is 61.7 Å². The molecule has 10 rings (SSSR count). The fourth-order valence-corrected chi connectivity index (χ4v) is 32.8. The number of aromatic nitrogens is 2. The van der Waals surface area contributed by atoms with E-state index in [0.29, 0.717) is 7.25 Å². The molecule has 0 aliphatic heterocycles. The van der Waals surface area contributed by atoms with Crippen molar-refractivity contribution in [2.24, 2.45) is 0 Å². The van der Waals surface area contributed by atoms with Crippen LogP contribution in [0.5, 0.6) is 0 Å². The van der Waals surface area contributed by atoms with E-state index in [9.17, 15) is 0 Å². The summed E-state index contributed by atoms with van der Waals surface area (Å²) in [7, 11) is 0. The Bertz CT molecular complexity index is 2450. The third kappa shape index (κ3) is 4.28. The summed E-state index contributed by atoms with van der Waals surface area (Å²) in [5.41, 5.74) is 17.0. The molecule has 0 radical (unpaired) electrons. The average molecular weight is 739 g/mol. The van der Waals surface area contributed by atoms with E-state index >= 15 is 0 Å². The van der Waals surface area contributed by atoms with Gasteiger partial charge in [-0.05, 0) is 0 Å². The fourth-order valence-electron chi connectivity index (χ4n) is 9.54. The number of benzene rings is 6. The van der Waals surface area contributed by atoms with E-state index in [2.05, 4.69) is 182 Å². The van der Waals surface area contributed by atoms with Gasteiger partial charge in [-0.15, -0.1) is 0 Å². The number of hydrogen-bond acceptors (Lipinski definition) is 0. The van der Waals surface area contributed by atoms with Gasteiger partial charge in [0.25, 0.3) is 0 Å². The van der Waals surface area contributed by atoms with Crippen LogP contribution in [0.15, 0.2) is 145 Å². The van der Waals surface area contributed by atoms with Crippen LogP contribution in [0.25, 0.3) is 67.1 Å². The van der Waals surface area contributed by atoms with Crippen molar-refractivity contribution in [2.45, 2.75) is 34.2 Å². The minimum absolute atomic E-state index is 0.586. The van der Waals surface area contributed by atoms with Gasteiger partial charge in [0.2, 0.25) is 0 Å². The molecule has 2 atom stereocenters. The normalized spacial score (nSPS) is 16.8. The van der Waals surface area contributed by atoms with Crippen LogP contribution in [-0.4, -0.2) is 15.1 Å². The monoisotopic (exact) mass is 737 g/mol. The quantitative estimate of drug-likeness (QED) is 0.156. The molecule has 0 N–H and O–H groups in total. The molecule has 50 heavy (non-hydrogen) atoms. The Morgan fingerprint density at radius 1 is 0.440 bits per heavy atom. The van der Waals surface area contributed by atoms with Crippen LogP contribution in [0.1, 0.15) is 43.4 Å². The van der Waals surface area contributed by atoms with E-state index in [1.54, 1.807) is 22.3 Å². The van der Waals surface area contributed by atoms with Crippen LogP contribution in [0.3, 0.4) is 0 Å². The maximum atomic E-state index is 2.67. The van der Waals surface area contributed by atoms with Gasteiger partial charge in [-0.1, -0.05) is 0 Å². The molecule has 0 fully saturated rings. The van der Waals surface area contributed by atoms with Crippen LogP contribution in [0.2, 0.25) is 13.1 Å². The molecule has 2 unspecified atom stereocenters. The second-order valence-corrected chi connectivity index (χ2v) is 34.7. The summed E-state index contributed by atoms with van der Waals surface area (Å²) in [6.07, 6.45) is 5.14. The van der Waals surface area contributed by atoms with Crippen LogP contribution in [-0.2, 0) is 20.9 Å². The summed E-state index contributed by atoms with van der Waals surface area (Å²) in [5, 5.41) is 5.29. The van der Waals surface area contributed by atoms with Crippen molar-refractivity contribution in [3.05, 3.63) is 167 Å². The molecule has 0 saturated heterocycles. The molecule has 6 aromatic carbocycles. The Morgan fingerprint density at radius 3 is 1.12 bits per heavy atom. The number of para-hydroxylation sites is 4. The molecular weight excluding hydrogens is 700 g/mol. The number of rotatable bonds is 5. The van der Waals surface area contributed by atoms with Crippen LogP contribution in [0, 0.1) is 0 Å². The Labute approximate surface area is 302 Å². The maximum absolute atomic E-state index is 2.67. The van der Waals surface area contributed by atoms with Gasteiger partial charge in [0, 0.05) is 0 Å². The van der Waals surface area contributed by atoms with Crippen molar-refractivity contribution in [1.29, 1.82) is 0 Å². The van der Waals surface area contributed by atoms with Crippen molar-refractivity contribution < 1.29 is 20.9 Å². The number of nitrogens with zero attached hydrogens (tertiary/aromatic N) is 2. The third-order valence-electron chi connectivity index (χ3n) is 11.5. The van der Waals surface area contributed by atoms with Crippen molar-refractivity contribution in [1.82, 2.24) is 9.13 Å². The Hall–Kier alpha value is -4.50. The first-order valence-electron chi connectivity index (χ1n) is 18.0. The first-order chi connectivity index (χ1) is 24.5. The van der Waals surface area contributed by atoms with Gasteiger partial charge in [-0.3, -0.25) is 0 Å². The molecule has 8 aromatic rings. The van der Waals surface area contributed by atoms with E-state index in [1.807, 2.05) is 0 Å². The SMILES string of the molecule is CC1=Cc2c(cccc2-n2c3ccccc3c3ccccc32)[CH]1[Zr]([CH]1C(C)=Cc2c1cccc2-n1c2ccccc2c2ccccc21)[SiH](C)C. The second kappa shape index (κ2) is 11.5. The first kappa shape index (κ1) is 30.3. The van der Waals surface area contributed by atoms with Crippen LogP contribution < -0.4 is 0 Å². The summed E-state index contributed by atoms with van der Waals surface area (Å²) in [4.78, 5) is 0. The van der Waals surface area contributed by atoms with Gasteiger partial charge in [0.1, 0.15) is 0 Å².